The highest BCUT2D eigenvalue weighted by atomic mass is 16.5. The number of hydrogen-bond donors (Lipinski definition) is 1. The predicted molar refractivity (Wildman–Crippen MR) is 115 cm³/mol. The Morgan fingerprint density at radius 1 is 1.10 bits per heavy atom. The number of likely N-dealkylation sites (tertiary alicyclic amines) is 1. The summed E-state index contributed by atoms with van der Waals surface area (Å²) in [5.74, 6) is 0.800. The first-order chi connectivity index (χ1) is 14.2. The topological polar surface area (TPSA) is 50.8 Å². The first-order valence-electron chi connectivity index (χ1n) is 10.5. The summed E-state index contributed by atoms with van der Waals surface area (Å²) in [7, 11) is 1.73. The van der Waals surface area contributed by atoms with E-state index in [4.69, 9.17) is 9.47 Å². The molecule has 1 N–H and O–H groups in total. The third kappa shape index (κ3) is 6.05. The first kappa shape index (κ1) is 21.3. The van der Waals surface area contributed by atoms with Gasteiger partial charge in [0.2, 0.25) is 0 Å². The number of nitrogens with one attached hydrogen (secondary N) is 1. The van der Waals surface area contributed by atoms with Gasteiger partial charge in [-0.25, -0.2) is 0 Å². The Hall–Kier alpha value is -2.37. The average Bonchev–Trinajstić information content (AvgIpc) is 2.77. The monoisotopic (exact) mass is 396 g/mol. The fourth-order valence-corrected chi connectivity index (χ4v) is 3.96. The lowest BCUT2D eigenvalue weighted by atomic mass is 9.95. The van der Waals surface area contributed by atoms with Gasteiger partial charge in [-0.05, 0) is 44.5 Å². The van der Waals surface area contributed by atoms with E-state index in [-0.39, 0.29) is 12.0 Å². The third-order valence-corrected chi connectivity index (χ3v) is 5.51. The van der Waals surface area contributed by atoms with Crippen molar-refractivity contribution in [1.82, 2.24) is 10.2 Å². The molecule has 0 spiro atoms. The number of carbonyl (C=O) groups is 1. The lowest BCUT2D eigenvalue weighted by Crippen LogP contribution is -2.44. The smallest absolute Gasteiger partial charge is 0.307 e. The number of para-hydroxylation sites is 1. The van der Waals surface area contributed by atoms with Crippen molar-refractivity contribution in [2.75, 3.05) is 33.4 Å². The maximum atomic E-state index is 11.6. The average molecular weight is 397 g/mol. The van der Waals surface area contributed by atoms with Gasteiger partial charge in [-0.2, -0.15) is 0 Å². The van der Waals surface area contributed by atoms with Gasteiger partial charge in [0.1, 0.15) is 5.75 Å². The summed E-state index contributed by atoms with van der Waals surface area (Å²) < 4.78 is 10.7. The lowest BCUT2D eigenvalue weighted by Gasteiger charge is -2.35. The Labute approximate surface area is 174 Å². The molecule has 0 amide bonds. The molecular formula is C24H32N2O3. The van der Waals surface area contributed by atoms with Crippen LogP contribution in [0.2, 0.25) is 0 Å². The number of benzene rings is 2. The van der Waals surface area contributed by atoms with Gasteiger partial charge in [-0.1, -0.05) is 48.5 Å². The molecule has 3 rings (SSSR count). The summed E-state index contributed by atoms with van der Waals surface area (Å²) in [6, 6.07) is 19.3. The van der Waals surface area contributed by atoms with Crippen LogP contribution >= 0.6 is 0 Å². The van der Waals surface area contributed by atoms with Crippen molar-refractivity contribution in [1.29, 1.82) is 0 Å². The largest absolute Gasteiger partial charge is 0.496 e. The van der Waals surface area contributed by atoms with Gasteiger partial charge in [-0.3, -0.25) is 4.79 Å². The minimum atomic E-state index is -0.104. The van der Waals surface area contributed by atoms with E-state index in [1.165, 1.54) is 5.56 Å². The molecule has 0 unspecified atom stereocenters. The van der Waals surface area contributed by atoms with E-state index < -0.39 is 0 Å². The number of carbonyl (C=O) groups excluding carboxylic acids is 1. The normalized spacial score (nSPS) is 16.3. The zero-order chi connectivity index (χ0) is 20.5. The third-order valence-electron chi connectivity index (χ3n) is 5.51. The molecular weight excluding hydrogens is 364 g/mol. The summed E-state index contributed by atoms with van der Waals surface area (Å²) in [5.41, 5.74) is 2.40. The minimum Gasteiger partial charge on any atom is -0.496 e. The fraction of sp³-hybridized carbons (Fsp3) is 0.458. The van der Waals surface area contributed by atoms with E-state index >= 15 is 0 Å². The van der Waals surface area contributed by atoms with Crippen molar-refractivity contribution in [2.45, 2.75) is 38.3 Å². The second-order valence-corrected chi connectivity index (χ2v) is 7.42. The molecule has 1 fully saturated rings. The molecule has 2 aromatic rings. The van der Waals surface area contributed by atoms with E-state index in [2.05, 4.69) is 46.6 Å². The molecule has 1 saturated heterocycles. The molecule has 1 aliphatic rings. The SMILES string of the molecule is CCOC(=O)CCN1CCC(N[C@@H](c2ccccc2)c2ccccc2OC)CC1. The molecule has 0 aliphatic carbocycles. The van der Waals surface area contributed by atoms with Crippen molar-refractivity contribution < 1.29 is 14.3 Å². The molecule has 29 heavy (non-hydrogen) atoms. The van der Waals surface area contributed by atoms with Gasteiger partial charge in [0.25, 0.3) is 0 Å². The molecule has 5 heteroatoms. The van der Waals surface area contributed by atoms with Gasteiger partial charge in [-0.15, -0.1) is 0 Å². The number of piperidine rings is 1. The Morgan fingerprint density at radius 2 is 1.79 bits per heavy atom. The molecule has 5 nitrogen and oxygen atoms in total. The molecule has 0 bridgehead atoms. The standard InChI is InChI=1S/C24H32N2O3/c1-3-29-23(27)15-18-26-16-13-20(14-17-26)25-24(19-9-5-4-6-10-19)21-11-7-8-12-22(21)28-2/h4-12,20,24-25H,3,13-18H2,1-2H3/t24-/m0/s1. The van der Waals surface area contributed by atoms with E-state index in [9.17, 15) is 4.79 Å². The van der Waals surface area contributed by atoms with Gasteiger partial charge >= 0.3 is 5.97 Å². The van der Waals surface area contributed by atoms with Crippen LogP contribution in [0, 0.1) is 0 Å². The number of methoxy groups -OCH3 is 1. The number of ether oxygens (including phenoxy) is 2. The highest BCUT2D eigenvalue weighted by Crippen LogP contribution is 2.31. The second kappa shape index (κ2) is 11.0. The van der Waals surface area contributed by atoms with Crippen LogP contribution in [-0.4, -0.2) is 50.3 Å². The zero-order valence-electron chi connectivity index (χ0n) is 17.5. The molecule has 1 heterocycles. The summed E-state index contributed by atoms with van der Waals surface area (Å²) in [5, 5.41) is 3.87. The molecule has 1 aliphatic heterocycles. The molecule has 2 aromatic carbocycles. The maximum absolute atomic E-state index is 11.6. The van der Waals surface area contributed by atoms with Gasteiger partial charge in [0.15, 0.2) is 0 Å². The van der Waals surface area contributed by atoms with E-state index in [1.807, 2.05) is 25.1 Å². The highest BCUT2D eigenvalue weighted by Gasteiger charge is 2.25. The lowest BCUT2D eigenvalue weighted by molar-refractivity contribution is -0.143. The molecule has 1 atom stereocenters. The van der Waals surface area contributed by atoms with Crippen LogP contribution in [0.3, 0.4) is 0 Å². The van der Waals surface area contributed by atoms with Crippen LogP contribution in [0.5, 0.6) is 5.75 Å². The van der Waals surface area contributed by atoms with Gasteiger partial charge in [0, 0.05) is 18.2 Å². The Bertz CT molecular complexity index is 758. The van der Waals surface area contributed by atoms with Crippen molar-refractivity contribution in [3.8, 4) is 5.75 Å². The maximum Gasteiger partial charge on any atom is 0.307 e. The number of esters is 1. The van der Waals surface area contributed by atoms with E-state index in [0.29, 0.717) is 19.1 Å². The van der Waals surface area contributed by atoms with Crippen LogP contribution in [0.25, 0.3) is 0 Å². The summed E-state index contributed by atoms with van der Waals surface area (Å²) in [6.45, 7) is 5.06. The highest BCUT2D eigenvalue weighted by molar-refractivity contribution is 5.69. The second-order valence-electron chi connectivity index (χ2n) is 7.42. The van der Waals surface area contributed by atoms with Gasteiger partial charge < -0.3 is 19.7 Å². The van der Waals surface area contributed by atoms with Crippen LogP contribution in [0.4, 0.5) is 0 Å². The van der Waals surface area contributed by atoms with Crippen LogP contribution in [0.1, 0.15) is 43.4 Å². The van der Waals surface area contributed by atoms with E-state index in [0.717, 1.165) is 43.8 Å². The Kier molecular flexibility index (Phi) is 8.08. The summed E-state index contributed by atoms with van der Waals surface area (Å²) in [6.07, 6.45) is 2.59. The number of nitrogens with zero attached hydrogens (tertiary/aromatic N) is 1. The van der Waals surface area contributed by atoms with Gasteiger partial charge in [0.05, 0.1) is 26.2 Å². The Balaban J connectivity index is 1.63. The Morgan fingerprint density at radius 3 is 2.48 bits per heavy atom. The zero-order valence-corrected chi connectivity index (χ0v) is 17.5. The number of rotatable bonds is 9. The van der Waals surface area contributed by atoms with Crippen molar-refractivity contribution in [2.24, 2.45) is 0 Å². The van der Waals surface area contributed by atoms with Crippen molar-refractivity contribution in [3.63, 3.8) is 0 Å². The van der Waals surface area contributed by atoms with Crippen LogP contribution in [-0.2, 0) is 9.53 Å². The fourth-order valence-electron chi connectivity index (χ4n) is 3.96. The van der Waals surface area contributed by atoms with Crippen LogP contribution in [0.15, 0.2) is 54.6 Å². The molecule has 0 saturated carbocycles. The molecule has 156 valence electrons. The number of hydrogen-bond acceptors (Lipinski definition) is 5. The summed E-state index contributed by atoms with van der Waals surface area (Å²) >= 11 is 0. The van der Waals surface area contributed by atoms with Crippen molar-refractivity contribution >= 4 is 5.97 Å². The predicted octanol–water partition coefficient (Wildman–Crippen LogP) is 3.79. The summed E-state index contributed by atoms with van der Waals surface area (Å²) in [4.78, 5) is 14.0. The van der Waals surface area contributed by atoms with E-state index in [1.54, 1.807) is 7.11 Å². The molecule has 0 radical (unpaired) electrons. The quantitative estimate of drug-likeness (QED) is 0.654. The molecule has 0 aromatic heterocycles. The first-order valence-corrected chi connectivity index (χ1v) is 10.5. The van der Waals surface area contributed by atoms with Crippen molar-refractivity contribution in [3.05, 3.63) is 65.7 Å². The minimum absolute atomic E-state index is 0.0865. The van der Waals surface area contributed by atoms with Crippen LogP contribution < -0.4 is 10.1 Å².